The quantitative estimate of drug-likeness (QED) is 0.730. The first-order valence-corrected chi connectivity index (χ1v) is 11.2. The van der Waals surface area contributed by atoms with Gasteiger partial charge in [-0.1, -0.05) is 18.2 Å². The number of amides is 3. The van der Waals surface area contributed by atoms with Crippen LogP contribution in [0.5, 0.6) is 11.5 Å². The van der Waals surface area contributed by atoms with Gasteiger partial charge in [0.25, 0.3) is 0 Å². The highest BCUT2D eigenvalue weighted by Crippen LogP contribution is 2.31. The van der Waals surface area contributed by atoms with Crippen molar-refractivity contribution in [1.82, 2.24) is 4.90 Å². The molecule has 8 heteroatoms. The van der Waals surface area contributed by atoms with Crippen molar-refractivity contribution in [2.45, 2.75) is 19.3 Å². The van der Waals surface area contributed by atoms with E-state index in [1.807, 2.05) is 30.3 Å². The Balaban J connectivity index is 1.32. The fourth-order valence-electron chi connectivity index (χ4n) is 4.50. The van der Waals surface area contributed by atoms with Gasteiger partial charge in [-0.15, -0.1) is 0 Å². The summed E-state index contributed by atoms with van der Waals surface area (Å²) in [5.74, 6) is 0.518. The van der Waals surface area contributed by atoms with E-state index in [-0.39, 0.29) is 36.0 Å². The molecule has 3 amide bonds. The minimum Gasteiger partial charge on any atom is -0.497 e. The molecule has 1 unspecified atom stereocenters. The summed E-state index contributed by atoms with van der Waals surface area (Å²) in [4.78, 5) is 41.9. The highest BCUT2D eigenvalue weighted by atomic mass is 16.5. The van der Waals surface area contributed by atoms with E-state index in [2.05, 4.69) is 5.32 Å². The molecule has 0 saturated carbocycles. The predicted octanol–water partition coefficient (Wildman–Crippen LogP) is 2.93. The van der Waals surface area contributed by atoms with Crippen molar-refractivity contribution in [2.75, 3.05) is 44.1 Å². The lowest BCUT2D eigenvalue weighted by molar-refractivity contribution is -0.138. The van der Waals surface area contributed by atoms with Gasteiger partial charge in [0, 0.05) is 43.7 Å². The number of nitrogens with one attached hydrogen (secondary N) is 1. The van der Waals surface area contributed by atoms with Crippen LogP contribution >= 0.6 is 0 Å². The minimum atomic E-state index is -0.343. The van der Waals surface area contributed by atoms with Gasteiger partial charge in [-0.3, -0.25) is 14.4 Å². The fourth-order valence-corrected chi connectivity index (χ4v) is 4.50. The standard InChI is InChI=1S/C25H29N3O5/c1-32-20-8-9-22(33-2)21(15-20)26-24(30)17-10-12-27(13-11-17)25(31)18-14-23(29)28(16-18)19-6-4-3-5-7-19/h3-9,15,17-18H,10-14,16H2,1-2H3,(H,26,30). The number of carbonyl (C=O) groups is 3. The monoisotopic (exact) mass is 451 g/mol. The third-order valence-corrected chi connectivity index (χ3v) is 6.38. The molecule has 0 aromatic heterocycles. The number of nitrogens with zero attached hydrogens (tertiary/aromatic N) is 2. The molecule has 8 nitrogen and oxygen atoms in total. The van der Waals surface area contributed by atoms with Crippen molar-refractivity contribution >= 4 is 29.1 Å². The number of anilines is 2. The van der Waals surface area contributed by atoms with Crippen LogP contribution < -0.4 is 19.7 Å². The Morgan fingerprint density at radius 3 is 2.36 bits per heavy atom. The van der Waals surface area contributed by atoms with E-state index in [9.17, 15) is 14.4 Å². The van der Waals surface area contributed by atoms with Crippen molar-refractivity contribution in [3.05, 3.63) is 48.5 Å². The average molecular weight is 452 g/mol. The summed E-state index contributed by atoms with van der Waals surface area (Å²) in [5, 5.41) is 2.94. The molecule has 2 saturated heterocycles. The maximum Gasteiger partial charge on any atom is 0.228 e. The number of piperidine rings is 1. The molecule has 0 aliphatic carbocycles. The lowest BCUT2D eigenvalue weighted by atomic mass is 9.94. The average Bonchev–Trinajstić information content (AvgIpc) is 3.25. The van der Waals surface area contributed by atoms with Gasteiger partial charge in [-0.25, -0.2) is 0 Å². The highest BCUT2D eigenvalue weighted by Gasteiger charge is 2.38. The molecule has 1 atom stereocenters. The maximum atomic E-state index is 13.1. The number of benzene rings is 2. The SMILES string of the molecule is COc1ccc(OC)c(NC(=O)C2CCN(C(=O)C3CC(=O)N(c4ccccc4)C3)CC2)c1. The van der Waals surface area contributed by atoms with Crippen molar-refractivity contribution in [3.63, 3.8) is 0 Å². The third kappa shape index (κ3) is 4.94. The first-order chi connectivity index (χ1) is 16.0. The third-order valence-electron chi connectivity index (χ3n) is 6.38. The van der Waals surface area contributed by atoms with Crippen LogP contribution in [0, 0.1) is 11.8 Å². The number of hydrogen-bond donors (Lipinski definition) is 1. The number of likely N-dealkylation sites (tertiary alicyclic amines) is 1. The van der Waals surface area contributed by atoms with Crippen LogP contribution in [0.3, 0.4) is 0 Å². The van der Waals surface area contributed by atoms with E-state index in [4.69, 9.17) is 9.47 Å². The van der Waals surface area contributed by atoms with Crippen molar-refractivity contribution in [2.24, 2.45) is 11.8 Å². The number of hydrogen-bond acceptors (Lipinski definition) is 5. The van der Waals surface area contributed by atoms with Gasteiger partial charge in [0.15, 0.2) is 0 Å². The molecule has 0 bridgehead atoms. The molecule has 2 aliphatic rings. The molecule has 2 aromatic rings. The van der Waals surface area contributed by atoms with Crippen LogP contribution in [0.15, 0.2) is 48.5 Å². The Kier molecular flexibility index (Phi) is 6.82. The molecule has 4 rings (SSSR count). The summed E-state index contributed by atoms with van der Waals surface area (Å²) in [7, 11) is 3.12. The van der Waals surface area contributed by atoms with Crippen LogP contribution in [0.4, 0.5) is 11.4 Å². The summed E-state index contributed by atoms with van der Waals surface area (Å²) in [6, 6.07) is 14.7. The summed E-state index contributed by atoms with van der Waals surface area (Å²) in [6.07, 6.45) is 1.38. The number of para-hydroxylation sites is 1. The molecule has 0 radical (unpaired) electrons. The van der Waals surface area contributed by atoms with Crippen LogP contribution in [0.1, 0.15) is 19.3 Å². The van der Waals surface area contributed by atoms with E-state index in [1.165, 1.54) is 0 Å². The van der Waals surface area contributed by atoms with E-state index in [1.54, 1.807) is 42.2 Å². The zero-order chi connectivity index (χ0) is 23.4. The first-order valence-electron chi connectivity index (χ1n) is 11.2. The number of carbonyl (C=O) groups excluding carboxylic acids is 3. The van der Waals surface area contributed by atoms with Gasteiger partial charge < -0.3 is 24.6 Å². The smallest absolute Gasteiger partial charge is 0.228 e. The van der Waals surface area contributed by atoms with Gasteiger partial charge in [0.2, 0.25) is 17.7 Å². The number of ether oxygens (including phenoxy) is 2. The molecule has 2 heterocycles. The number of rotatable bonds is 6. The minimum absolute atomic E-state index is 0.00453. The molecular weight excluding hydrogens is 422 g/mol. The lowest BCUT2D eigenvalue weighted by Crippen LogP contribution is -2.44. The highest BCUT2D eigenvalue weighted by molar-refractivity contribution is 6.00. The second-order valence-electron chi connectivity index (χ2n) is 8.40. The van der Waals surface area contributed by atoms with Crippen LogP contribution in [0.2, 0.25) is 0 Å². The van der Waals surface area contributed by atoms with E-state index in [0.717, 1.165) is 5.69 Å². The molecule has 2 aliphatic heterocycles. The summed E-state index contributed by atoms with van der Waals surface area (Å²) in [5.41, 5.74) is 1.38. The van der Waals surface area contributed by atoms with Gasteiger partial charge in [-0.05, 0) is 37.1 Å². The largest absolute Gasteiger partial charge is 0.497 e. The maximum absolute atomic E-state index is 13.1. The topological polar surface area (TPSA) is 88.2 Å². The van der Waals surface area contributed by atoms with E-state index in [0.29, 0.717) is 49.7 Å². The normalized spacial score (nSPS) is 18.8. The summed E-state index contributed by atoms with van der Waals surface area (Å²) in [6.45, 7) is 1.40. The molecule has 0 spiro atoms. The van der Waals surface area contributed by atoms with Crippen molar-refractivity contribution in [1.29, 1.82) is 0 Å². The summed E-state index contributed by atoms with van der Waals surface area (Å²) >= 11 is 0. The van der Waals surface area contributed by atoms with E-state index < -0.39 is 0 Å². The van der Waals surface area contributed by atoms with Crippen molar-refractivity contribution in [3.8, 4) is 11.5 Å². The Bertz CT molecular complexity index is 1020. The van der Waals surface area contributed by atoms with Gasteiger partial charge in [0.1, 0.15) is 11.5 Å². The van der Waals surface area contributed by atoms with Gasteiger partial charge in [-0.2, -0.15) is 0 Å². The second-order valence-corrected chi connectivity index (χ2v) is 8.40. The molecule has 33 heavy (non-hydrogen) atoms. The fraction of sp³-hybridized carbons (Fsp3) is 0.400. The first kappa shape index (κ1) is 22.6. The zero-order valence-electron chi connectivity index (χ0n) is 19.0. The molecule has 1 N–H and O–H groups in total. The van der Waals surface area contributed by atoms with E-state index >= 15 is 0 Å². The van der Waals surface area contributed by atoms with Gasteiger partial charge in [0.05, 0.1) is 25.8 Å². The van der Waals surface area contributed by atoms with Gasteiger partial charge >= 0.3 is 0 Å². The molecule has 2 aromatic carbocycles. The van der Waals surface area contributed by atoms with Crippen LogP contribution in [0.25, 0.3) is 0 Å². The summed E-state index contributed by atoms with van der Waals surface area (Å²) < 4.78 is 10.6. The van der Waals surface area contributed by atoms with Crippen LogP contribution in [-0.4, -0.2) is 56.5 Å². The Morgan fingerprint density at radius 1 is 0.970 bits per heavy atom. The molecule has 2 fully saturated rings. The Hall–Kier alpha value is -3.55. The lowest BCUT2D eigenvalue weighted by Gasteiger charge is -2.33. The number of methoxy groups -OCH3 is 2. The Morgan fingerprint density at radius 2 is 1.70 bits per heavy atom. The zero-order valence-corrected chi connectivity index (χ0v) is 19.0. The molecular formula is C25H29N3O5. The Labute approximate surface area is 193 Å². The second kappa shape index (κ2) is 9.94. The molecule has 174 valence electrons. The predicted molar refractivity (Wildman–Crippen MR) is 124 cm³/mol. The van der Waals surface area contributed by atoms with Crippen LogP contribution in [-0.2, 0) is 14.4 Å². The van der Waals surface area contributed by atoms with Crippen molar-refractivity contribution < 1.29 is 23.9 Å².